The summed E-state index contributed by atoms with van der Waals surface area (Å²) in [5, 5.41) is 19.9. The number of halogens is 2. The van der Waals surface area contributed by atoms with Crippen LogP contribution < -0.4 is 5.73 Å². The second-order valence-corrected chi connectivity index (χ2v) is 4.21. The monoisotopic (exact) mass is 302 g/mol. The van der Waals surface area contributed by atoms with Crippen LogP contribution in [0.3, 0.4) is 0 Å². The molecule has 0 aliphatic carbocycles. The predicted molar refractivity (Wildman–Crippen MR) is 70.4 cm³/mol. The van der Waals surface area contributed by atoms with Gasteiger partial charge in [-0.15, -0.1) is 24.2 Å². The molecule has 0 aliphatic rings. The zero-order valence-corrected chi connectivity index (χ0v) is 10.9. The molecule has 0 atom stereocenters. The molecule has 0 saturated heterocycles. The Morgan fingerprint density at radius 2 is 2.12 bits per heavy atom. The lowest BCUT2D eigenvalue weighted by Crippen LogP contribution is -2.01. The number of hydrogen-bond donors (Lipinski definition) is 2. The Kier molecular flexibility index (Phi) is 9.18. The number of hydrogen-bond acceptors (Lipinski definition) is 5. The molecule has 0 aromatic heterocycles. The zero-order valence-electron chi connectivity index (χ0n) is 8.55. The first kappa shape index (κ1) is 18.6. The van der Waals surface area contributed by atoms with Crippen molar-refractivity contribution in [3.05, 3.63) is 27.3 Å². The lowest BCUT2D eigenvalue weighted by Gasteiger charge is -2.03. The van der Waals surface area contributed by atoms with E-state index in [2.05, 4.69) is 0 Å². The molecule has 5 N–H and O–H groups in total. The third-order valence-electron chi connectivity index (χ3n) is 1.60. The van der Waals surface area contributed by atoms with E-state index in [1.165, 1.54) is 17.8 Å². The predicted octanol–water partition coefficient (Wildman–Crippen LogP) is 1.60. The average molecular weight is 303 g/mol. The van der Waals surface area contributed by atoms with Gasteiger partial charge in [-0.05, 0) is 0 Å². The molecule has 17 heavy (non-hydrogen) atoms. The molecule has 0 radical (unpaired) electrons. The molecule has 1 aromatic carbocycles. The number of thioether (sulfide) groups is 1. The van der Waals surface area contributed by atoms with Gasteiger partial charge in [-0.2, -0.15) is 0 Å². The molecule has 0 heterocycles. The molecule has 0 spiro atoms. The van der Waals surface area contributed by atoms with E-state index in [4.69, 9.17) is 17.3 Å². The minimum absolute atomic E-state index is 0. The van der Waals surface area contributed by atoms with Crippen molar-refractivity contribution in [1.82, 2.24) is 0 Å². The van der Waals surface area contributed by atoms with E-state index in [1.807, 2.05) is 0 Å². The molecular weight excluding hydrogens is 291 g/mol. The van der Waals surface area contributed by atoms with Crippen LogP contribution in [0, 0.1) is 10.1 Å². The summed E-state index contributed by atoms with van der Waals surface area (Å²) in [7, 11) is 0. The van der Waals surface area contributed by atoms with Crippen LogP contribution in [-0.4, -0.2) is 27.8 Å². The summed E-state index contributed by atoms with van der Waals surface area (Å²) in [5.74, 6) is 0.379. The Labute approximate surface area is 113 Å². The number of nitro groups is 1. The number of nitro benzene ring substituents is 1. The Balaban J connectivity index is 0. The van der Waals surface area contributed by atoms with Gasteiger partial charge in [0, 0.05) is 24.4 Å². The van der Waals surface area contributed by atoms with Crippen molar-refractivity contribution in [2.75, 3.05) is 12.3 Å². The van der Waals surface area contributed by atoms with Gasteiger partial charge in [-0.3, -0.25) is 10.1 Å². The van der Waals surface area contributed by atoms with Gasteiger partial charge in [-0.1, -0.05) is 11.6 Å². The summed E-state index contributed by atoms with van der Waals surface area (Å²) >= 11 is 6.79. The summed E-state index contributed by atoms with van der Waals surface area (Å²) in [4.78, 5) is 10.5. The van der Waals surface area contributed by atoms with Gasteiger partial charge in [0.05, 0.1) is 14.8 Å². The van der Waals surface area contributed by atoms with Crippen molar-refractivity contribution < 1.29 is 15.5 Å². The number of nitrogens with zero attached hydrogens (tertiary/aromatic N) is 1. The number of phenols is 1. The smallest absolute Gasteiger partial charge is 0.284 e. The number of nitrogens with two attached hydrogens (primary N) is 1. The Hall–Kier alpha value is -0.730. The first-order valence-corrected chi connectivity index (χ1v) is 5.42. The van der Waals surface area contributed by atoms with Crippen LogP contribution in [0.1, 0.15) is 0 Å². The van der Waals surface area contributed by atoms with Gasteiger partial charge < -0.3 is 16.3 Å². The lowest BCUT2D eigenvalue weighted by molar-refractivity contribution is -0.387. The molecular formula is C8H12Cl2N2O4S. The van der Waals surface area contributed by atoms with E-state index in [-0.39, 0.29) is 34.3 Å². The van der Waals surface area contributed by atoms with Crippen LogP contribution in [-0.2, 0) is 0 Å². The fourth-order valence-electron chi connectivity index (χ4n) is 0.959. The topological polar surface area (TPSA) is 121 Å². The Morgan fingerprint density at radius 1 is 1.53 bits per heavy atom. The Morgan fingerprint density at radius 3 is 2.59 bits per heavy atom. The van der Waals surface area contributed by atoms with Gasteiger partial charge in [0.1, 0.15) is 5.75 Å². The second-order valence-electron chi connectivity index (χ2n) is 2.67. The van der Waals surface area contributed by atoms with E-state index in [0.29, 0.717) is 17.2 Å². The van der Waals surface area contributed by atoms with E-state index < -0.39 is 4.92 Å². The number of phenolic OH excluding ortho intramolecular Hbond substituents is 1. The van der Waals surface area contributed by atoms with E-state index in [0.717, 1.165) is 6.07 Å². The van der Waals surface area contributed by atoms with Gasteiger partial charge in [0.25, 0.3) is 5.69 Å². The normalized spacial score (nSPS) is 9.06. The van der Waals surface area contributed by atoms with Crippen molar-refractivity contribution in [2.24, 2.45) is 5.73 Å². The van der Waals surface area contributed by atoms with Crippen molar-refractivity contribution in [3.8, 4) is 5.75 Å². The van der Waals surface area contributed by atoms with Gasteiger partial charge in [0.2, 0.25) is 0 Å². The molecule has 0 bridgehead atoms. The van der Waals surface area contributed by atoms with Crippen LogP contribution >= 0.6 is 35.8 Å². The minimum Gasteiger partial charge on any atom is -0.506 e. The maximum atomic E-state index is 10.7. The maximum Gasteiger partial charge on any atom is 0.284 e. The summed E-state index contributed by atoms with van der Waals surface area (Å²) in [5.41, 5.74) is 5.18. The van der Waals surface area contributed by atoms with Gasteiger partial charge in [-0.25, -0.2) is 0 Å². The lowest BCUT2D eigenvalue weighted by atomic mass is 10.3. The SMILES string of the molecule is Cl.NCCSc1cc(O)c(Cl)cc1[N+](=O)[O-].O. The molecule has 0 saturated carbocycles. The van der Waals surface area contributed by atoms with Crippen molar-refractivity contribution in [3.63, 3.8) is 0 Å². The van der Waals surface area contributed by atoms with E-state index >= 15 is 0 Å². The minimum atomic E-state index is -0.538. The standard InChI is InChI=1S/C8H9ClN2O3S.ClH.H2O/c9-5-3-6(11(13)14)8(4-7(5)12)15-2-1-10;;/h3-4,12H,1-2,10H2;1H;1H2. The third kappa shape index (κ3) is 4.97. The van der Waals surface area contributed by atoms with E-state index in [1.54, 1.807) is 0 Å². The highest BCUT2D eigenvalue weighted by atomic mass is 35.5. The third-order valence-corrected chi connectivity index (χ3v) is 2.98. The molecule has 0 amide bonds. The van der Waals surface area contributed by atoms with Crippen LogP contribution in [0.2, 0.25) is 5.02 Å². The average Bonchev–Trinajstić information content (AvgIpc) is 2.19. The maximum absolute atomic E-state index is 10.7. The zero-order chi connectivity index (χ0) is 11.4. The largest absolute Gasteiger partial charge is 0.506 e. The van der Waals surface area contributed by atoms with Crippen molar-refractivity contribution >= 4 is 41.5 Å². The summed E-state index contributed by atoms with van der Waals surface area (Å²) in [6, 6.07) is 2.41. The summed E-state index contributed by atoms with van der Waals surface area (Å²) in [6.07, 6.45) is 0. The second kappa shape index (κ2) is 8.37. The first-order valence-electron chi connectivity index (χ1n) is 4.06. The summed E-state index contributed by atoms with van der Waals surface area (Å²) < 4.78 is 0. The Bertz CT molecular complexity index is 392. The van der Waals surface area contributed by atoms with Gasteiger partial charge in [0.15, 0.2) is 0 Å². The molecule has 9 heteroatoms. The van der Waals surface area contributed by atoms with Crippen LogP contribution in [0.15, 0.2) is 17.0 Å². The fraction of sp³-hybridized carbons (Fsp3) is 0.250. The molecule has 0 aliphatic heterocycles. The highest BCUT2D eigenvalue weighted by Crippen LogP contribution is 2.36. The number of aromatic hydroxyl groups is 1. The fourth-order valence-corrected chi connectivity index (χ4v) is 1.93. The molecule has 0 fully saturated rings. The first-order chi connectivity index (χ1) is 7.06. The number of benzene rings is 1. The van der Waals surface area contributed by atoms with E-state index in [9.17, 15) is 15.2 Å². The van der Waals surface area contributed by atoms with Crippen LogP contribution in [0.5, 0.6) is 5.75 Å². The quantitative estimate of drug-likeness (QED) is 0.497. The molecule has 1 rings (SSSR count). The molecule has 1 aromatic rings. The highest BCUT2D eigenvalue weighted by Gasteiger charge is 2.17. The van der Waals surface area contributed by atoms with Gasteiger partial charge >= 0.3 is 0 Å². The van der Waals surface area contributed by atoms with Crippen molar-refractivity contribution in [1.29, 1.82) is 0 Å². The number of rotatable bonds is 4. The highest BCUT2D eigenvalue weighted by molar-refractivity contribution is 7.99. The molecule has 0 unspecified atom stereocenters. The van der Waals surface area contributed by atoms with Crippen molar-refractivity contribution in [2.45, 2.75) is 4.90 Å². The van der Waals surface area contributed by atoms with Crippen LogP contribution in [0.25, 0.3) is 0 Å². The van der Waals surface area contributed by atoms with Crippen LogP contribution in [0.4, 0.5) is 5.69 Å². The molecule has 98 valence electrons. The molecule has 6 nitrogen and oxygen atoms in total. The summed E-state index contributed by atoms with van der Waals surface area (Å²) in [6.45, 7) is 0.408.